The highest BCUT2D eigenvalue weighted by Gasteiger charge is 2.21. The van der Waals surface area contributed by atoms with E-state index in [9.17, 15) is 4.79 Å². The van der Waals surface area contributed by atoms with Crippen LogP contribution >= 0.6 is 11.8 Å². The molecule has 0 atom stereocenters. The zero-order valence-electron chi connectivity index (χ0n) is 11.3. The van der Waals surface area contributed by atoms with Crippen LogP contribution in [-0.2, 0) is 4.79 Å². The molecule has 0 radical (unpaired) electrons. The fourth-order valence-corrected chi connectivity index (χ4v) is 3.13. The number of aromatic nitrogens is 4. The van der Waals surface area contributed by atoms with Crippen molar-refractivity contribution in [3.8, 4) is 0 Å². The number of aromatic amines is 1. The van der Waals surface area contributed by atoms with Gasteiger partial charge in [0.1, 0.15) is 0 Å². The molecule has 1 aromatic heterocycles. The van der Waals surface area contributed by atoms with Crippen LogP contribution in [0.5, 0.6) is 0 Å². The zero-order chi connectivity index (χ0) is 13.5. The molecule has 1 heterocycles. The van der Waals surface area contributed by atoms with Crippen LogP contribution < -0.4 is 0 Å². The molecule has 19 heavy (non-hydrogen) atoms. The largest absolute Gasteiger partial charge is 0.343 e. The molecule has 0 spiro atoms. The number of H-pyrrole nitrogens is 1. The van der Waals surface area contributed by atoms with Gasteiger partial charge in [0.25, 0.3) is 0 Å². The predicted octanol–water partition coefficient (Wildman–Crippen LogP) is 1.86. The molecule has 6 nitrogen and oxygen atoms in total. The first-order valence-electron chi connectivity index (χ1n) is 6.89. The van der Waals surface area contributed by atoms with E-state index in [1.807, 2.05) is 11.9 Å². The monoisotopic (exact) mass is 283 g/mol. The Hall–Kier alpha value is -1.11. The minimum atomic E-state index is 0.267. The van der Waals surface area contributed by atoms with Crippen molar-refractivity contribution in [3.63, 3.8) is 0 Å². The van der Waals surface area contributed by atoms with E-state index in [1.165, 1.54) is 32.1 Å². The van der Waals surface area contributed by atoms with Crippen molar-refractivity contribution in [3.05, 3.63) is 0 Å². The van der Waals surface area contributed by atoms with Crippen LogP contribution in [0.1, 0.15) is 44.9 Å². The third kappa shape index (κ3) is 4.49. The Bertz CT molecular complexity index is 377. The Labute approximate surface area is 117 Å². The summed E-state index contributed by atoms with van der Waals surface area (Å²) in [5.41, 5.74) is 0. The maximum absolute atomic E-state index is 12.1. The van der Waals surface area contributed by atoms with Crippen LogP contribution in [0, 0.1) is 0 Å². The number of nitrogens with zero attached hydrogens (tertiary/aromatic N) is 4. The molecule has 0 unspecified atom stereocenters. The van der Waals surface area contributed by atoms with Gasteiger partial charge in [-0.15, -0.1) is 5.10 Å². The first kappa shape index (κ1) is 14.3. The van der Waals surface area contributed by atoms with Gasteiger partial charge >= 0.3 is 0 Å². The molecular formula is C12H21N5OS. The molecular weight excluding hydrogens is 262 g/mol. The molecule has 1 aliphatic carbocycles. The number of amides is 1. The second kappa shape index (κ2) is 7.47. The van der Waals surface area contributed by atoms with Gasteiger partial charge in [0.05, 0.1) is 0 Å². The Morgan fingerprint density at radius 2 is 2.21 bits per heavy atom. The van der Waals surface area contributed by atoms with E-state index >= 15 is 0 Å². The average molecular weight is 283 g/mol. The summed E-state index contributed by atoms with van der Waals surface area (Å²) in [6, 6.07) is 0.465. The van der Waals surface area contributed by atoms with Crippen LogP contribution in [0.3, 0.4) is 0 Å². The lowest BCUT2D eigenvalue weighted by Gasteiger charge is -2.31. The van der Waals surface area contributed by atoms with E-state index in [1.54, 1.807) is 11.8 Å². The fourth-order valence-electron chi connectivity index (χ4n) is 2.45. The Kier molecular flexibility index (Phi) is 5.62. The molecule has 1 fully saturated rings. The number of tetrazole rings is 1. The summed E-state index contributed by atoms with van der Waals surface area (Å²) in [5.74, 6) is 1.13. The molecule has 1 aromatic rings. The molecule has 7 heteroatoms. The van der Waals surface area contributed by atoms with Crippen molar-refractivity contribution < 1.29 is 4.79 Å². The van der Waals surface area contributed by atoms with Crippen LogP contribution in [0.4, 0.5) is 0 Å². The highest BCUT2D eigenvalue weighted by molar-refractivity contribution is 7.99. The van der Waals surface area contributed by atoms with E-state index in [2.05, 4.69) is 20.6 Å². The van der Waals surface area contributed by atoms with Gasteiger partial charge in [-0.05, 0) is 29.7 Å². The topological polar surface area (TPSA) is 74.8 Å². The Morgan fingerprint density at radius 3 is 2.89 bits per heavy atom. The summed E-state index contributed by atoms with van der Waals surface area (Å²) >= 11 is 1.55. The number of nitrogens with one attached hydrogen (secondary N) is 1. The molecule has 1 saturated carbocycles. The van der Waals surface area contributed by atoms with Gasteiger partial charge in [-0.2, -0.15) is 0 Å². The van der Waals surface area contributed by atoms with Crippen molar-refractivity contribution >= 4 is 17.7 Å². The van der Waals surface area contributed by atoms with E-state index in [-0.39, 0.29) is 5.91 Å². The molecule has 0 aliphatic heterocycles. The summed E-state index contributed by atoms with van der Waals surface area (Å²) in [4.78, 5) is 14.0. The van der Waals surface area contributed by atoms with Crippen LogP contribution in [-0.4, -0.2) is 50.3 Å². The molecule has 1 aliphatic rings. The number of thioether (sulfide) groups is 1. The van der Waals surface area contributed by atoms with Crippen molar-refractivity contribution in [1.29, 1.82) is 0 Å². The smallest absolute Gasteiger partial charge is 0.222 e. The summed E-state index contributed by atoms with van der Waals surface area (Å²) in [6.45, 7) is 0. The van der Waals surface area contributed by atoms with Crippen molar-refractivity contribution in [1.82, 2.24) is 25.5 Å². The van der Waals surface area contributed by atoms with Crippen LogP contribution in [0.2, 0.25) is 0 Å². The van der Waals surface area contributed by atoms with Crippen LogP contribution in [0.15, 0.2) is 5.16 Å². The van der Waals surface area contributed by atoms with Gasteiger partial charge < -0.3 is 4.90 Å². The highest BCUT2D eigenvalue weighted by Crippen LogP contribution is 2.22. The molecule has 106 valence electrons. The summed E-state index contributed by atoms with van der Waals surface area (Å²) in [5, 5.41) is 14.2. The molecule has 2 rings (SSSR count). The van der Waals surface area contributed by atoms with E-state index in [0.717, 1.165) is 12.2 Å². The molecule has 1 amide bonds. The zero-order valence-corrected chi connectivity index (χ0v) is 12.2. The van der Waals surface area contributed by atoms with E-state index in [0.29, 0.717) is 17.6 Å². The lowest BCUT2D eigenvalue weighted by atomic mass is 9.94. The van der Waals surface area contributed by atoms with E-state index in [4.69, 9.17) is 0 Å². The van der Waals surface area contributed by atoms with Crippen molar-refractivity contribution in [2.24, 2.45) is 0 Å². The van der Waals surface area contributed by atoms with Crippen LogP contribution in [0.25, 0.3) is 0 Å². The second-order valence-electron chi connectivity index (χ2n) is 4.95. The Morgan fingerprint density at radius 1 is 1.42 bits per heavy atom. The fraction of sp³-hybridized carbons (Fsp3) is 0.833. The number of carbonyl (C=O) groups is 1. The number of rotatable bonds is 6. The molecule has 0 aromatic carbocycles. The number of carbonyl (C=O) groups excluding carboxylic acids is 1. The predicted molar refractivity (Wildman–Crippen MR) is 73.8 cm³/mol. The summed E-state index contributed by atoms with van der Waals surface area (Å²) in [6.07, 6.45) is 7.65. The second-order valence-corrected chi connectivity index (χ2v) is 6.04. The first-order chi connectivity index (χ1) is 9.27. The van der Waals surface area contributed by atoms with Gasteiger partial charge in [0.15, 0.2) is 0 Å². The lowest BCUT2D eigenvalue weighted by molar-refractivity contribution is -0.132. The summed E-state index contributed by atoms with van der Waals surface area (Å²) < 4.78 is 0. The van der Waals surface area contributed by atoms with Gasteiger partial charge in [-0.1, -0.05) is 31.0 Å². The molecule has 0 bridgehead atoms. The van der Waals surface area contributed by atoms with Gasteiger partial charge in [0, 0.05) is 25.3 Å². The maximum atomic E-state index is 12.1. The normalized spacial score (nSPS) is 16.5. The first-order valence-corrected chi connectivity index (χ1v) is 7.88. The molecule has 1 N–H and O–H groups in total. The third-order valence-corrected chi connectivity index (χ3v) is 4.55. The van der Waals surface area contributed by atoms with Crippen molar-refractivity contribution in [2.45, 2.75) is 56.1 Å². The average Bonchev–Trinajstić information content (AvgIpc) is 2.96. The number of hydrogen-bond donors (Lipinski definition) is 1. The van der Waals surface area contributed by atoms with Gasteiger partial charge in [-0.3, -0.25) is 4.79 Å². The quantitative estimate of drug-likeness (QED) is 0.637. The number of hydrogen-bond acceptors (Lipinski definition) is 5. The maximum Gasteiger partial charge on any atom is 0.222 e. The minimum absolute atomic E-state index is 0.267. The highest BCUT2D eigenvalue weighted by atomic mass is 32.2. The summed E-state index contributed by atoms with van der Waals surface area (Å²) in [7, 11) is 1.95. The minimum Gasteiger partial charge on any atom is -0.343 e. The third-order valence-electron chi connectivity index (χ3n) is 3.62. The molecule has 0 saturated heterocycles. The Balaban J connectivity index is 1.63. The standard InChI is InChI=1S/C12H21N5OS/c1-17(10-6-3-2-4-7-10)11(18)8-5-9-19-12-13-15-16-14-12/h10H,2-9H2,1H3,(H,13,14,15,16). The SMILES string of the molecule is CN(C(=O)CCCSc1nnn[nH]1)C1CCCCC1. The van der Waals surface area contributed by atoms with Gasteiger partial charge in [0.2, 0.25) is 11.1 Å². The van der Waals surface area contributed by atoms with Crippen molar-refractivity contribution in [2.75, 3.05) is 12.8 Å². The van der Waals surface area contributed by atoms with E-state index < -0.39 is 0 Å². The lowest BCUT2D eigenvalue weighted by Crippen LogP contribution is -2.38. The van der Waals surface area contributed by atoms with Gasteiger partial charge in [-0.25, -0.2) is 5.10 Å².